The van der Waals surface area contributed by atoms with Gasteiger partial charge in [0.25, 0.3) is 0 Å². The number of sulfonamides is 1. The molecular weight excluding hydrogens is 466 g/mol. The van der Waals surface area contributed by atoms with Crippen molar-refractivity contribution in [3.63, 3.8) is 0 Å². The molecule has 0 aliphatic rings. The molecule has 0 aliphatic heterocycles. The summed E-state index contributed by atoms with van der Waals surface area (Å²) in [5.74, 6) is -0.359. The van der Waals surface area contributed by atoms with Crippen molar-refractivity contribution in [3.8, 4) is 5.75 Å². The SMILES string of the molecule is CCCNC(=O)[C@@H](CC)N(Cc1ccc(C)cc1)C(=O)CN(c1ccccc1OCC)S(C)(=O)=O. The summed E-state index contributed by atoms with van der Waals surface area (Å²) in [5, 5.41) is 2.87. The van der Waals surface area contributed by atoms with Crippen LogP contribution in [0.5, 0.6) is 5.75 Å². The van der Waals surface area contributed by atoms with Gasteiger partial charge in [-0.1, -0.05) is 55.8 Å². The first-order valence-corrected chi connectivity index (χ1v) is 13.8. The zero-order chi connectivity index (χ0) is 26.0. The molecule has 35 heavy (non-hydrogen) atoms. The van der Waals surface area contributed by atoms with E-state index in [1.54, 1.807) is 31.2 Å². The van der Waals surface area contributed by atoms with Gasteiger partial charge in [-0.25, -0.2) is 8.42 Å². The first-order chi connectivity index (χ1) is 16.6. The van der Waals surface area contributed by atoms with Gasteiger partial charge in [-0.2, -0.15) is 0 Å². The number of anilines is 1. The van der Waals surface area contributed by atoms with E-state index >= 15 is 0 Å². The van der Waals surface area contributed by atoms with E-state index in [0.717, 1.165) is 28.1 Å². The summed E-state index contributed by atoms with van der Waals surface area (Å²) in [4.78, 5) is 28.1. The highest BCUT2D eigenvalue weighted by Gasteiger charge is 2.32. The number of rotatable bonds is 13. The molecular formula is C26H37N3O5S. The summed E-state index contributed by atoms with van der Waals surface area (Å²) in [6.45, 7) is 8.14. The van der Waals surface area contributed by atoms with Crippen molar-refractivity contribution in [1.82, 2.24) is 10.2 Å². The molecule has 0 aromatic heterocycles. The Morgan fingerprint density at radius 3 is 2.26 bits per heavy atom. The molecule has 0 saturated heterocycles. The molecule has 2 aromatic rings. The molecule has 2 rings (SSSR count). The number of nitrogens with one attached hydrogen (secondary N) is 1. The van der Waals surface area contributed by atoms with Gasteiger partial charge in [-0.15, -0.1) is 0 Å². The van der Waals surface area contributed by atoms with Gasteiger partial charge < -0.3 is 15.0 Å². The largest absolute Gasteiger partial charge is 0.492 e. The number of hydrogen-bond acceptors (Lipinski definition) is 5. The Balaban J connectivity index is 2.45. The zero-order valence-corrected chi connectivity index (χ0v) is 22.1. The van der Waals surface area contributed by atoms with Crippen LogP contribution in [0, 0.1) is 6.92 Å². The number of para-hydroxylation sites is 2. The van der Waals surface area contributed by atoms with Crippen molar-refractivity contribution in [2.75, 3.05) is 30.3 Å². The molecule has 0 radical (unpaired) electrons. The van der Waals surface area contributed by atoms with Crippen LogP contribution in [0.4, 0.5) is 5.69 Å². The first kappa shape index (κ1) is 28.2. The fraction of sp³-hybridized carbons (Fsp3) is 0.462. The quantitative estimate of drug-likeness (QED) is 0.451. The molecule has 0 spiro atoms. The average molecular weight is 504 g/mol. The van der Waals surface area contributed by atoms with Gasteiger partial charge in [0.05, 0.1) is 18.6 Å². The molecule has 0 heterocycles. The lowest BCUT2D eigenvalue weighted by atomic mass is 10.1. The molecule has 192 valence electrons. The number of benzene rings is 2. The van der Waals surface area contributed by atoms with Crippen molar-refractivity contribution in [3.05, 3.63) is 59.7 Å². The van der Waals surface area contributed by atoms with Crippen LogP contribution in [-0.4, -0.2) is 57.1 Å². The summed E-state index contributed by atoms with van der Waals surface area (Å²) in [7, 11) is -3.83. The highest BCUT2D eigenvalue weighted by molar-refractivity contribution is 7.92. The van der Waals surface area contributed by atoms with Crippen molar-refractivity contribution in [1.29, 1.82) is 0 Å². The summed E-state index contributed by atoms with van der Waals surface area (Å²) < 4.78 is 32.2. The fourth-order valence-electron chi connectivity index (χ4n) is 3.71. The van der Waals surface area contributed by atoms with Crippen LogP contribution >= 0.6 is 0 Å². The van der Waals surface area contributed by atoms with Crippen LogP contribution in [0.15, 0.2) is 48.5 Å². The molecule has 0 bridgehead atoms. The number of ether oxygens (including phenoxy) is 1. The minimum atomic E-state index is -3.83. The van der Waals surface area contributed by atoms with Gasteiger partial charge >= 0.3 is 0 Å². The van der Waals surface area contributed by atoms with Crippen molar-refractivity contribution >= 4 is 27.5 Å². The summed E-state index contributed by atoms with van der Waals surface area (Å²) in [6.07, 6.45) is 2.21. The standard InChI is InChI=1S/C26H37N3O5S/c1-6-17-27-26(31)22(7-2)28(18-21-15-13-20(4)14-16-21)25(30)19-29(35(5,32)33)23-11-9-10-12-24(23)34-8-3/h9-16,22H,6-8,17-19H2,1-5H3,(H,27,31)/t22-/m1/s1. The van der Waals surface area contributed by atoms with Crippen molar-refractivity contribution in [2.24, 2.45) is 0 Å². The van der Waals surface area contributed by atoms with E-state index in [0.29, 0.717) is 25.3 Å². The van der Waals surface area contributed by atoms with Crippen LogP contribution in [0.3, 0.4) is 0 Å². The first-order valence-electron chi connectivity index (χ1n) is 11.9. The predicted molar refractivity (Wildman–Crippen MR) is 139 cm³/mol. The number of aryl methyl sites for hydroxylation is 1. The van der Waals surface area contributed by atoms with E-state index in [1.807, 2.05) is 45.0 Å². The van der Waals surface area contributed by atoms with E-state index < -0.39 is 28.5 Å². The second-order valence-corrected chi connectivity index (χ2v) is 10.3. The van der Waals surface area contributed by atoms with E-state index in [1.165, 1.54) is 4.90 Å². The van der Waals surface area contributed by atoms with Gasteiger partial charge in [0.1, 0.15) is 18.3 Å². The Hall–Kier alpha value is -3.07. The third-order valence-electron chi connectivity index (χ3n) is 5.52. The molecule has 8 nitrogen and oxygen atoms in total. The molecule has 1 N–H and O–H groups in total. The highest BCUT2D eigenvalue weighted by Crippen LogP contribution is 2.30. The van der Waals surface area contributed by atoms with Crippen LogP contribution in [-0.2, 0) is 26.2 Å². The number of nitrogens with zero attached hydrogens (tertiary/aromatic N) is 2. The van der Waals surface area contributed by atoms with E-state index in [-0.39, 0.29) is 18.1 Å². The summed E-state index contributed by atoms with van der Waals surface area (Å²) in [5.41, 5.74) is 2.21. The predicted octanol–water partition coefficient (Wildman–Crippen LogP) is 3.49. The maximum atomic E-state index is 13.7. The Kier molecular flexibility index (Phi) is 10.6. The Bertz CT molecular complexity index is 1090. The third kappa shape index (κ3) is 7.99. The molecule has 0 fully saturated rings. The molecule has 2 amide bonds. The Morgan fingerprint density at radius 2 is 1.69 bits per heavy atom. The number of amides is 2. The fourth-order valence-corrected chi connectivity index (χ4v) is 4.56. The van der Waals surface area contributed by atoms with Crippen LogP contribution in [0.1, 0.15) is 44.7 Å². The van der Waals surface area contributed by atoms with Crippen LogP contribution in [0.2, 0.25) is 0 Å². The molecule has 0 aliphatic carbocycles. The lowest BCUT2D eigenvalue weighted by Crippen LogP contribution is -2.52. The second kappa shape index (κ2) is 13.1. The topological polar surface area (TPSA) is 96.0 Å². The summed E-state index contributed by atoms with van der Waals surface area (Å²) >= 11 is 0. The number of carbonyl (C=O) groups is 2. The van der Waals surface area contributed by atoms with Gasteiger partial charge in [0.2, 0.25) is 21.8 Å². The lowest BCUT2D eigenvalue weighted by molar-refractivity contribution is -0.140. The normalized spacial score (nSPS) is 12.0. The lowest BCUT2D eigenvalue weighted by Gasteiger charge is -2.33. The van der Waals surface area contributed by atoms with Gasteiger partial charge in [0, 0.05) is 13.1 Å². The molecule has 2 aromatic carbocycles. The van der Waals surface area contributed by atoms with Gasteiger partial charge in [-0.05, 0) is 44.4 Å². The third-order valence-corrected chi connectivity index (χ3v) is 6.65. The number of carbonyl (C=O) groups excluding carboxylic acids is 2. The number of hydrogen-bond donors (Lipinski definition) is 1. The molecule has 9 heteroatoms. The van der Waals surface area contributed by atoms with Crippen LogP contribution < -0.4 is 14.4 Å². The average Bonchev–Trinajstić information content (AvgIpc) is 2.82. The van der Waals surface area contributed by atoms with E-state index in [2.05, 4.69) is 5.32 Å². The van der Waals surface area contributed by atoms with E-state index in [4.69, 9.17) is 4.74 Å². The zero-order valence-electron chi connectivity index (χ0n) is 21.3. The van der Waals surface area contributed by atoms with E-state index in [9.17, 15) is 18.0 Å². The van der Waals surface area contributed by atoms with Crippen molar-refractivity contribution < 1.29 is 22.7 Å². The molecule has 0 unspecified atom stereocenters. The van der Waals surface area contributed by atoms with Crippen molar-refractivity contribution in [2.45, 2.75) is 53.1 Å². The Labute approximate surface area is 209 Å². The maximum Gasteiger partial charge on any atom is 0.244 e. The van der Waals surface area contributed by atoms with Gasteiger partial charge in [0.15, 0.2) is 0 Å². The van der Waals surface area contributed by atoms with Crippen LogP contribution in [0.25, 0.3) is 0 Å². The minimum absolute atomic E-state index is 0.182. The van der Waals surface area contributed by atoms with Gasteiger partial charge in [-0.3, -0.25) is 13.9 Å². The minimum Gasteiger partial charge on any atom is -0.492 e. The smallest absolute Gasteiger partial charge is 0.244 e. The maximum absolute atomic E-state index is 13.7. The monoisotopic (exact) mass is 503 g/mol. The Morgan fingerprint density at radius 1 is 1.03 bits per heavy atom. The molecule has 0 saturated carbocycles. The second-order valence-electron chi connectivity index (χ2n) is 8.39. The highest BCUT2D eigenvalue weighted by atomic mass is 32.2. The molecule has 1 atom stereocenters. The summed E-state index contributed by atoms with van der Waals surface area (Å²) in [6, 6.07) is 13.7.